The van der Waals surface area contributed by atoms with Crippen LogP contribution >= 0.6 is 0 Å². The van der Waals surface area contributed by atoms with Crippen LogP contribution in [-0.2, 0) is 15.6 Å². The molecule has 1 N–H and O–H groups in total. The first-order valence-electron chi connectivity index (χ1n) is 4.11. The minimum atomic E-state index is -2.52. The van der Waals surface area contributed by atoms with E-state index < -0.39 is 10.9 Å². The predicted octanol–water partition coefficient (Wildman–Crippen LogP) is -0.768. The molecule has 0 heterocycles. The van der Waals surface area contributed by atoms with Gasteiger partial charge in [-0.25, -0.2) is 12.7 Å². The zero-order valence-electron chi connectivity index (χ0n) is 7.97. The fourth-order valence-corrected chi connectivity index (χ4v) is 1.28. The summed E-state index contributed by atoms with van der Waals surface area (Å²) in [5, 5.41) is 8.57. The maximum absolute atomic E-state index is 10.5. The number of nitrogens with zero attached hydrogens (tertiary/aromatic N) is 1. The fourth-order valence-electron chi connectivity index (χ4n) is 0.964. The summed E-state index contributed by atoms with van der Waals surface area (Å²) >= 11 is 0. The molecule has 0 radical (unpaired) electrons. The Hall–Kier alpha value is -0.170. The van der Waals surface area contributed by atoms with Crippen molar-refractivity contribution in [2.75, 3.05) is 27.3 Å². The van der Waals surface area contributed by atoms with Crippen molar-refractivity contribution in [1.29, 1.82) is 0 Å². The molecule has 0 saturated heterocycles. The number of hydrogen-bond acceptors (Lipinski definition) is 4. The van der Waals surface area contributed by atoms with Gasteiger partial charge in [-0.15, -0.1) is 0 Å². The normalized spacial score (nSPS) is 13.9. The molecule has 0 aromatic rings. The average Bonchev–Trinajstić information content (AvgIpc) is 2.11. The van der Waals surface area contributed by atoms with Crippen molar-refractivity contribution in [2.45, 2.75) is 18.9 Å². The smallest absolute Gasteiger partial charge is 0.203 e. The molecule has 0 fully saturated rings. The lowest BCUT2D eigenvalue weighted by molar-refractivity contribution is 0.0761. The van der Waals surface area contributed by atoms with Gasteiger partial charge in [0.1, 0.15) is 0 Å². The summed E-state index contributed by atoms with van der Waals surface area (Å²) in [6.07, 6.45) is 1.16. The second kappa shape index (κ2) is 7.25. The number of likely N-dealkylation sites (N-methyl/N-ethyl adjacent to an activating group) is 1. The Morgan fingerprint density at radius 3 is 2.54 bits per heavy atom. The highest BCUT2D eigenvalue weighted by Crippen LogP contribution is 2.02. The predicted molar refractivity (Wildman–Crippen MR) is 50.1 cm³/mol. The van der Waals surface area contributed by atoms with E-state index in [1.807, 2.05) is 0 Å². The van der Waals surface area contributed by atoms with Crippen LogP contribution in [0.4, 0.5) is 0 Å². The number of rotatable bonds is 7. The molecule has 0 aromatic carbocycles. The molecule has 0 amide bonds. The fraction of sp³-hybridized carbons (Fsp3) is 1.00. The van der Waals surface area contributed by atoms with Gasteiger partial charge in [0, 0.05) is 27.3 Å². The van der Waals surface area contributed by atoms with E-state index in [0.29, 0.717) is 19.4 Å². The van der Waals surface area contributed by atoms with Crippen molar-refractivity contribution in [1.82, 2.24) is 4.31 Å². The lowest BCUT2D eigenvalue weighted by Crippen LogP contribution is -2.29. The molecule has 0 saturated carbocycles. The van der Waals surface area contributed by atoms with Gasteiger partial charge in [0.2, 0.25) is 10.9 Å². The third-order valence-electron chi connectivity index (χ3n) is 1.76. The zero-order chi connectivity index (χ0) is 10.3. The Balaban J connectivity index is 3.82. The molecule has 0 rings (SSSR count). The first kappa shape index (κ1) is 12.8. The molecular formula is C7H17NO4S. The minimum Gasteiger partial charge on any atom is -0.396 e. The first-order chi connectivity index (χ1) is 6.11. The van der Waals surface area contributed by atoms with Gasteiger partial charge in [0.05, 0.1) is 6.10 Å². The Morgan fingerprint density at radius 2 is 2.15 bits per heavy atom. The molecule has 0 unspecified atom stereocenters. The van der Waals surface area contributed by atoms with Crippen LogP contribution in [0, 0.1) is 0 Å². The van der Waals surface area contributed by atoms with Crippen LogP contribution in [0.25, 0.3) is 0 Å². The maximum atomic E-state index is 10.5. The Labute approximate surface area is 80.4 Å². The molecule has 0 aliphatic rings. The standard InChI is InChI=1S/C7H17NO4S/c1-8(13(10)11)6-7(12-2)4-3-5-9/h7,9,13H,3-6H2,1-2H3/t7-/m0/s1. The van der Waals surface area contributed by atoms with E-state index in [4.69, 9.17) is 9.84 Å². The van der Waals surface area contributed by atoms with Gasteiger partial charge in [-0.1, -0.05) is 0 Å². The average molecular weight is 211 g/mol. The second-order valence-corrected chi connectivity index (χ2v) is 3.96. The van der Waals surface area contributed by atoms with E-state index in [2.05, 4.69) is 0 Å². The second-order valence-electron chi connectivity index (χ2n) is 2.80. The molecule has 6 heteroatoms. The van der Waals surface area contributed by atoms with Crippen molar-refractivity contribution < 1.29 is 18.3 Å². The van der Waals surface area contributed by atoms with Crippen molar-refractivity contribution in [3.05, 3.63) is 0 Å². The summed E-state index contributed by atoms with van der Waals surface area (Å²) in [5.41, 5.74) is 0. The van der Waals surface area contributed by atoms with Crippen LogP contribution in [0.5, 0.6) is 0 Å². The summed E-state index contributed by atoms with van der Waals surface area (Å²) in [6, 6.07) is 0. The van der Waals surface area contributed by atoms with Gasteiger partial charge >= 0.3 is 0 Å². The Kier molecular flexibility index (Phi) is 7.16. The third kappa shape index (κ3) is 5.98. The van der Waals surface area contributed by atoms with Crippen molar-refractivity contribution in [3.8, 4) is 0 Å². The number of aliphatic hydroxyl groups excluding tert-OH is 1. The number of ether oxygens (including phenoxy) is 1. The van der Waals surface area contributed by atoms with Crippen LogP contribution in [0.1, 0.15) is 12.8 Å². The molecule has 0 bridgehead atoms. The van der Waals surface area contributed by atoms with E-state index >= 15 is 0 Å². The summed E-state index contributed by atoms with van der Waals surface area (Å²) in [5.74, 6) is 0. The van der Waals surface area contributed by atoms with Crippen LogP contribution < -0.4 is 0 Å². The van der Waals surface area contributed by atoms with E-state index in [9.17, 15) is 8.42 Å². The van der Waals surface area contributed by atoms with Gasteiger partial charge in [-0.2, -0.15) is 0 Å². The SMILES string of the molecule is CO[C@@H](CCCO)CN(C)[SH](=O)=O. The molecule has 13 heavy (non-hydrogen) atoms. The quantitative estimate of drug-likeness (QED) is 0.543. The lowest BCUT2D eigenvalue weighted by atomic mass is 10.2. The van der Waals surface area contributed by atoms with Crippen molar-refractivity contribution in [2.24, 2.45) is 0 Å². The molecule has 0 aromatic heterocycles. The van der Waals surface area contributed by atoms with Gasteiger partial charge in [-0.3, -0.25) is 0 Å². The van der Waals surface area contributed by atoms with Crippen LogP contribution in [0.3, 0.4) is 0 Å². The van der Waals surface area contributed by atoms with E-state index in [1.165, 1.54) is 18.5 Å². The molecule has 0 aliphatic carbocycles. The van der Waals surface area contributed by atoms with Gasteiger partial charge in [0.25, 0.3) is 0 Å². The van der Waals surface area contributed by atoms with Crippen LogP contribution in [0.2, 0.25) is 0 Å². The molecule has 0 aliphatic heterocycles. The van der Waals surface area contributed by atoms with E-state index in [-0.39, 0.29) is 12.7 Å². The first-order valence-corrected chi connectivity index (χ1v) is 5.24. The summed E-state index contributed by atoms with van der Waals surface area (Å²) in [4.78, 5) is 0. The zero-order valence-corrected chi connectivity index (χ0v) is 8.87. The van der Waals surface area contributed by atoms with Crippen LogP contribution in [0.15, 0.2) is 0 Å². The number of aliphatic hydroxyl groups is 1. The van der Waals surface area contributed by atoms with E-state index in [0.717, 1.165) is 0 Å². The highest BCUT2D eigenvalue weighted by atomic mass is 32.2. The summed E-state index contributed by atoms with van der Waals surface area (Å²) in [7, 11) is 0.508. The summed E-state index contributed by atoms with van der Waals surface area (Å²) in [6.45, 7) is 0.447. The highest BCUT2D eigenvalue weighted by Gasteiger charge is 2.11. The molecule has 0 spiro atoms. The third-order valence-corrected chi connectivity index (χ3v) is 2.49. The van der Waals surface area contributed by atoms with Crippen molar-refractivity contribution >= 4 is 10.9 Å². The molecule has 80 valence electrons. The Bertz CT molecular complexity index is 187. The highest BCUT2D eigenvalue weighted by molar-refractivity contribution is 7.69. The van der Waals surface area contributed by atoms with Gasteiger partial charge < -0.3 is 9.84 Å². The minimum absolute atomic E-state index is 0.104. The monoisotopic (exact) mass is 211 g/mol. The van der Waals surface area contributed by atoms with Crippen molar-refractivity contribution in [3.63, 3.8) is 0 Å². The largest absolute Gasteiger partial charge is 0.396 e. The number of thiol groups is 1. The Morgan fingerprint density at radius 1 is 1.54 bits per heavy atom. The topological polar surface area (TPSA) is 66.8 Å². The van der Waals surface area contributed by atoms with Gasteiger partial charge in [-0.05, 0) is 12.8 Å². The van der Waals surface area contributed by atoms with Gasteiger partial charge in [0.15, 0.2) is 0 Å². The number of hydrogen-bond donors (Lipinski definition) is 2. The maximum Gasteiger partial charge on any atom is 0.203 e. The molecule has 1 atom stereocenters. The van der Waals surface area contributed by atoms with E-state index in [1.54, 1.807) is 0 Å². The number of methoxy groups -OCH3 is 1. The van der Waals surface area contributed by atoms with Crippen LogP contribution in [-0.4, -0.2) is 51.2 Å². The lowest BCUT2D eigenvalue weighted by Gasteiger charge is -2.17. The molecular weight excluding hydrogens is 194 g/mol. The molecule has 5 nitrogen and oxygen atoms in total. The summed E-state index contributed by atoms with van der Waals surface area (Å²) < 4.78 is 27.2.